The van der Waals surface area contributed by atoms with Crippen LogP contribution < -0.4 is 4.74 Å². The molecule has 0 spiro atoms. The number of methoxy groups -OCH3 is 1. The first-order valence-electron chi connectivity index (χ1n) is 52.9. The van der Waals surface area contributed by atoms with Gasteiger partial charge in [0.25, 0.3) is 0 Å². The van der Waals surface area contributed by atoms with Crippen molar-refractivity contribution in [2.24, 2.45) is 43.6 Å². The van der Waals surface area contributed by atoms with Crippen LogP contribution in [0.3, 0.4) is 0 Å². The van der Waals surface area contributed by atoms with Crippen LogP contribution in [0.5, 0.6) is 28.7 Å². The Morgan fingerprint density at radius 2 is 0.586 bits per heavy atom. The Balaban J connectivity index is 0.000000262. The second-order valence-corrected chi connectivity index (χ2v) is 55.1. The maximum absolute atomic E-state index is 11.7. The van der Waals surface area contributed by atoms with E-state index in [0.29, 0.717) is 88.6 Å². The van der Waals surface area contributed by atoms with Crippen molar-refractivity contribution in [3.05, 3.63) is 135 Å². The molecule has 6 unspecified atom stereocenters. The van der Waals surface area contributed by atoms with E-state index in [1.807, 2.05) is 37.0 Å². The van der Waals surface area contributed by atoms with E-state index in [4.69, 9.17) is 92.8 Å². The van der Waals surface area contributed by atoms with Gasteiger partial charge in [-0.2, -0.15) is 0 Å². The summed E-state index contributed by atoms with van der Waals surface area (Å²) in [6, 6.07) is 31.3. The molecule has 0 bridgehead atoms. The van der Waals surface area contributed by atoms with Crippen LogP contribution in [0.4, 0.5) is 0 Å². The van der Waals surface area contributed by atoms with Crippen LogP contribution in [0.25, 0.3) is 11.1 Å². The summed E-state index contributed by atoms with van der Waals surface area (Å²) in [7, 11) is 41.2. The van der Waals surface area contributed by atoms with Gasteiger partial charge in [-0.3, -0.25) is 20.0 Å². The van der Waals surface area contributed by atoms with Crippen molar-refractivity contribution in [1.82, 2.24) is 0 Å². The Hall–Kier alpha value is -0.368. The Labute approximate surface area is 884 Å². The number of phenols is 4. The van der Waals surface area contributed by atoms with Gasteiger partial charge < -0.3 is 25.2 Å². The average molecular weight is 2300 g/mol. The molecule has 8 fully saturated rings. The minimum absolute atomic E-state index is 0.383. The van der Waals surface area contributed by atoms with Gasteiger partial charge in [-0.1, -0.05) is 358 Å². The molecular weight excluding hydrogens is 2130 g/mol. The predicted octanol–water partition coefficient (Wildman–Crippen LogP) is 38.6. The number of nitrogens with zero attached hydrogens (tertiary/aromatic N) is 4. The predicted molar refractivity (Wildman–Crippen MR) is 566 cm³/mol. The Morgan fingerprint density at radius 3 is 0.940 bits per heavy atom. The van der Waals surface area contributed by atoms with Gasteiger partial charge in [-0.15, -0.1) is 0 Å². The number of hydrogen-bond donors (Lipinski definition) is 4. The van der Waals surface area contributed by atoms with Gasteiger partial charge >= 0.3 is 151 Å². The van der Waals surface area contributed by atoms with Gasteiger partial charge in [0.1, 0.15) is 28.7 Å². The number of aromatic hydroxyl groups is 4. The van der Waals surface area contributed by atoms with E-state index >= 15 is 0 Å². The summed E-state index contributed by atoms with van der Waals surface area (Å²) in [5, 5.41) is 45.0. The van der Waals surface area contributed by atoms with Crippen molar-refractivity contribution in [3.8, 4) is 39.9 Å². The van der Waals surface area contributed by atoms with E-state index in [1.165, 1.54) is 377 Å². The third-order valence-corrected chi connectivity index (χ3v) is 30.1. The van der Waals surface area contributed by atoms with Crippen LogP contribution in [0.2, 0.25) is 0 Å². The molecule has 0 saturated heterocycles. The van der Waals surface area contributed by atoms with Crippen molar-refractivity contribution >= 4 is 93.0 Å². The molecular formula is C112H172Cl8N4O5Zr4. The number of phenolic OH excluding ortho intramolecular Hbond substituents is 4. The van der Waals surface area contributed by atoms with Crippen LogP contribution in [0, 0.1) is 30.6 Å². The molecule has 8 aliphatic carbocycles. The summed E-state index contributed by atoms with van der Waals surface area (Å²) in [5.41, 5.74) is 11.7. The van der Waals surface area contributed by atoms with Crippen LogP contribution in [0.15, 0.2) is 105 Å². The molecule has 0 radical (unpaired) electrons. The van der Waals surface area contributed by atoms with Gasteiger partial charge in [-0.25, -0.2) is 0 Å². The van der Waals surface area contributed by atoms with E-state index in [1.54, 1.807) is 7.11 Å². The standard InChI is InChI=1S/C32H45NO.C27H43NO2.C27H43NO.C26H41NO.8ClH.4Zr/c1-25-18-20-28(21-19-25)33-24-31-29(26-14-12-9-13-15-26)22-23-30(32(31)34)27-16-10-7-5-3-2-4-6-8-11-17-27;1-21-14-12-13-17-26(21)28-20-23-18-24(30-2)19-25(27(23)29)22-15-10-8-6-4-3-5-7-9-11-16-22;1-21-18-24(20-28-26-17-13-12-14-22(26)2)27(29)25(19-21)23-15-10-8-6-4-3-5-7-9-11-16-23;1-21-14-11-12-19-25(21)27-20-23-17-13-18-24(26(23)28)22-15-9-7-5-3-2-4-6-8-10-16-22;;;;;;;;;;;;/h9,12-15,22-25,27-28,34H,2-8,10-11,16-21H2,1H3;18-22,26,29H,3-17H2,1-2H3;18-20,22-23,26,29H,3-17H2,1-2H3;13,17-18,20-22,25,28H,2-12,14-16,19H2,1H3;8*1H;;;;/q;;;;;;;;;;;;4*+2/p-8. The molecule has 5 aromatic rings. The fourth-order valence-electron chi connectivity index (χ4n) is 21.9. The molecule has 0 aliphatic heterocycles. The van der Waals surface area contributed by atoms with Gasteiger partial charge in [0, 0.05) is 58.7 Å². The molecule has 8 saturated carbocycles. The van der Waals surface area contributed by atoms with Crippen molar-refractivity contribution in [2.45, 2.75) is 468 Å². The van der Waals surface area contributed by atoms with E-state index in [-0.39, 0.29) is 0 Å². The molecule has 0 heterocycles. The number of halogens is 8. The molecule has 8 aliphatic rings. The molecule has 9 nitrogen and oxygen atoms in total. The number of rotatable bonds is 14. The second-order valence-electron chi connectivity index (χ2n) is 40.2. The zero-order valence-electron chi connectivity index (χ0n) is 82.8. The van der Waals surface area contributed by atoms with E-state index in [2.05, 4.69) is 107 Å². The number of aryl methyl sites for hydroxylation is 1. The first-order chi connectivity index (χ1) is 65.0. The summed E-state index contributed by atoms with van der Waals surface area (Å²) in [6.07, 6.45) is 86.2. The van der Waals surface area contributed by atoms with Gasteiger partial charge in [-0.05, 0) is 227 Å². The minimum atomic E-state index is -0.826. The Kier molecular flexibility index (Phi) is 70.4. The Morgan fingerprint density at radius 1 is 0.286 bits per heavy atom. The first kappa shape index (κ1) is 121. The molecule has 13 rings (SSSR count). The fraction of sp³-hybridized carbons (Fsp3) is 0.696. The first-order valence-corrected chi connectivity index (χ1v) is 78.2. The summed E-state index contributed by atoms with van der Waals surface area (Å²) in [4.78, 5) is 19.7. The molecule has 6 atom stereocenters. The molecule has 0 amide bonds. The molecule has 5 aromatic carbocycles. The summed E-state index contributed by atoms with van der Waals surface area (Å²) < 4.78 is 5.62. The van der Waals surface area contributed by atoms with Gasteiger partial charge in [0.15, 0.2) is 0 Å². The van der Waals surface area contributed by atoms with Crippen LogP contribution in [0.1, 0.15) is 487 Å². The number of benzene rings is 5. The maximum atomic E-state index is 11.7. The quantitative estimate of drug-likeness (QED) is 0.0820. The van der Waals surface area contributed by atoms with Crippen LogP contribution in [-0.2, 0) is 83.4 Å². The molecule has 742 valence electrons. The zero-order chi connectivity index (χ0) is 95.7. The molecule has 0 aromatic heterocycles. The van der Waals surface area contributed by atoms with Gasteiger partial charge in [0.05, 0.1) is 25.2 Å². The number of hydrogen-bond acceptors (Lipinski definition) is 9. The SMILES string of the molecule is CC1CCC(N=Cc2c(-c3ccccc3)ccc(C3CCCCCCCCCCC3)c2O)CC1.CC1CCCCC1N=Cc1cccc(C2CCCCCCCCCCC2)c1O.COc1cc(C=NC2CCCCC2C)c(O)c(C2CCCCCCCCCCC2)c1.Cc1cc(C=NC2CCCCC2C)c(O)c(C2CCCCCCCCCCC2)c1.[Cl][Zr][Cl].[Cl][Zr][Cl].[Cl][Zr][Cl].[Cl][Zr][Cl]. The van der Waals surface area contributed by atoms with Crippen molar-refractivity contribution < 1.29 is 109 Å². The normalized spacial score (nSPS) is 23.6. The third-order valence-electron chi connectivity index (χ3n) is 30.1. The fourth-order valence-corrected chi connectivity index (χ4v) is 21.9. The molecule has 21 heteroatoms. The summed E-state index contributed by atoms with van der Waals surface area (Å²) in [6.45, 7) is 11.5. The van der Waals surface area contributed by atoms with E-state index < -0.39 is 83.4 Å². The zero-order valence-corrected chi connectivity index (χ0v) is 98.6. The number of para-hydroxylation sites is 1. The monoisotopic (exact) mass is 2290 g/mol. The van der Waals surface area contributed by atoms with Crippen LogP contribution in [-0.4, -0.2) is 76.6 Å². The number of ether oxygens (including phenoxy) is 1. The molecule has 4 N–H and O–H groups in total. The number of aliphatic imine (C=N–C) groups is 4. The summed E-state index contributed by atoms with van der Waals surface area (Å²) >= 11 is -3.30. The van der Waals surface area contributed by atoms with E-state index in [0.717, 1.165) is 81.0 Å². The van der Waals surface area contributed by atoms with Crippen molar-refractivity contribution in [1.29, 1.82) is 0 Å². The summed E-state index contributed by atoms with van der Waals surface area (Å²) in [5.74, 6) is 7.39. The Bertz CT molecular complexity index is 3880. The van der Waals surface area contributed by atoms with Crippen LogP contribution >= 0.6 is 68.1 Å². The topological polar surface area (TPSA) is 140 Å². The van der Waals surface area contributed by atoms with Gasteiger partial charge in [0.2, 0.25) is 0 Å². The average Bonchev–Trinajstić information content (AvgIpc) is 0.788. The second kappa shape index (κ2) is 77.2. The van der Waals surface area contributed by atoms with Crippen molar-refractivity contribution in [2.75, 3.05) is 7.11 Å². The molecule has 133 heavy (non-hydrogen) atoms. The van der Waals surface area contributed by atoms with Crippen molar-refractivity contribution in [3.63, 3.8) is 0 Å². The third kappa shape index (κ3) is 49.4. The van der Waals surface area contributed by atoms with E-state index in [9.17, 15) is 20.4 Å².